The van der Waals surface area contributed by atoms with Crippen LogP contribution in [0.25, 0.3) is 0 Å². The van der Waals surface area contributed by atoms with Gasteiger partial charge in [-0.05, 0) is 19.8 Å². The van der Waals surface area contributed by atoms with E-state index in [2.05, 4.69) is 17.6 Å². The molecule has 8 heteroatoms. The summed E-state index contributed by atoms with van der Waals surface area (Å²) in [4.78, 5) is 35.4. The van der Waals surface area contributed by atoms with Crippen molar-refractivity contribution in [1.82, 2.24) is 10.6 Å². The van der Waals surface area contributed by atoms with Crippen molar-refractivity contribution >= 4 is 17.8 Å². The number of carbonyl (C=O) groups is 3. The van der Waals surface area contributed by atoms with E-state index in [1.54, 1.807) is 0 Å². The summed E-state index contributed by atoms with van der Waals surface area (Å²) >= 11 is 0. The van der Waals surface area contributed by atoms with Crippen molar-refractivity contribution in [3.63, 3.8) is 0 Å². The summed E-state index contributed by atoms with van der Waals surface area (Å²) in [5.41, 5.74) is 0. The van der Waals surface area contributed by atoms with Crippen molar-refractivity contribution in [3.05, 3.63) is 0 Å². The van der Waals surface area contributed by atoms with E-state index in [4.69, 9.17) is 9.47 Å². The molecule has 2 amide bonds. The molecule has 0 saturated heterocycles. The average Bonchev–Trinajstić information content (AvgIpc) is 2.81. The smallest absolute Gasteiger partial charge is 0.326 e. The molecule has 1 unspecified atom stereocenters. The molecule has 0 aliphatic carbocycles. The second-order valence-corrected chi connectivity index (χ2v) is 8.80. The summed E-state index contributed by atoms with van der Waals surface area (Å²) in [6.07, 6.45) is 15.0. The van der Waals surface area contributed by atoms with Crippen LogP contribution in [0.3, 0.4) is 0 Å². The van der Waals surface area contributed by atoms with Crippen LogP contribution in [0.15, 0.2) is 0 Å². The van der Waals surface area contributed by atoms with Gasteiger partial charge < -0.3 is 25.2 Å². The van der Waals surface area contributed by atoms with Gasteiger partial charge in [-0.3, -0.25) is 9.59 Å². The molecule has 0 aliphatic heterocycles. The van der Waals surface area contributed by atoms with Gasteiger partial charge in [-0.25, -0.2) is 4.79 Å². The maximum Gasteiger partial charge on any atom is 0.326 e. The monoisotopic (exact) mass is 486 g/mol. The van der Waals surface area contributed by atoms with Gasteiger partial charge in [0, 0.05) is 26.0 Å². The lowest BCUT2D eigenvalue weighted by Gasteiger charge is -2.14. The molecule has 0 bridgehead atoms. The van der Waals surface area contributed by atoms with Gasteiger partial charge in [-0.2, -0.15) is 0 Å². The van der Waals surface area contributed by atoms with Crippen LogP contribution < -0.4 is 10.6 Å². The van der Waals surface area contributed by atoms with E-state index in [0.717, 1.165) is 19.3 Å². The molecular formula is C26H50N2O6. The first-order valence-corrected chi connectivity index (χ1v) is 13.5. The van der Waals surface area contributed by atoms with E-state index >= 15 is 0 Å². The Balaban J connectivity index is 3.74. The van der Waals surface area contributed by atoms with Crippen molar-refractivity contribution in [3.8, 4) is 0 Å². The SMILES string of the molecule is CCCCCCCCCCCCCCC(=O)NC(CCC(=O)NCCOCCOCC)C(=O)O. The predicted octanol–water partition coefficient (Wildman–Crippen LogP) is 4.60. The maximum atomic E-state index is 12.1. The van der Waals surface area contributed by atoms with Crippen LogP contribution in [0.1, 0.15) is 110 Å². The highest BCUT2D eigenvalue weighted by atomic mass is 16.5. The number of aliphatic carboxylic acids is 1. The quantitative estimate of drug-likeness (QED) is 0.163. The van der Waals surface area contributed by atoms with Crippen molar-refractivity contribution in [2.24, 2.45) is 0 Å². The minimum absolute atomic E-state index is 0.0365. The average molecular weight is 487 g/mol. The van der Waals surface area contributed by atoms with Crippen LogP contribution >= 0.6 is 0 Å². The zero-order valence-electron chi connectivity index (χ0n) is 21.7. The minimum atomic E-state index is -1.12. The number of carbonyl (C=O) groups excluding carboxylic acids is 2. The van der Waals surface area contributed by atoms with Gasteiger partial charge in [-0.1, -0.05) is 77.6 Å². The first-order chi connectivity index (χ1) is 16.5. The normalized spacial score (nSPS) is 11.8. The number of unbranched alkanes of at least 4 members (excludes halogenated alkanes) is 11. The van der Waals surface area contributed by atoms with Gasteiger partial charge in [0.2, 0.25) is 11.8 Å². The third-order valence-electron chi connectivity index (χ3n) is 5.70. The summed E-state index contributed by atoms with van der Waals surface area (Å²) in [5, 5.41) is 14.6. The van der Waals surface area contributed by atoms with Crippen LogP contribution in [0.2, 0.25) is 0 Å². The van der Waals surface area contributed by atoms with Gasteiger partial charge in [-0.15, -0.1) is 0 Å². The molecule has 0 aromatic rings. The number of carboxylic acid groups (broad SMARTS) is 1. The Kier molecular flexibility index (Phi) is 23.3. The zero-order valence-corrected chi connectivity index (χ0v) is 21.7. The Labute approximate surface area is 206 Å². The Morgan fingerprint density at radius 2 is 1.26 bits per heavy atom. The number of ether oxygens (including phenoxy) is 2. The number of amides is 2. The summed E-state index contributed by atoms with van der Waals surface area (Å²) in [5.74, 6) is -1.63. The summed E-state index contributed by atoms with van der Waals surface area (Å²) in [6, 6.07) is -1.04. The fraction of sp³-hybridized carbons (Fsp3) is 0.885. The Morgan fingerprint density at radius 1 is 0.706 bits per heavy atom. The lowest BCUT2D eigenvalue weighted by molar-refractivity contribution is -0.142. The molecule has 0 aromatic carbocycles. The first-order valence-electron chi connectivity index (χ1n) is 13.5. The van der Waals surface area contributed by atoms with Gasteiger partial charge >= 0.3 is 5.97 Å². The number of nitrogens with one attached hydrogen (secondary N) is 2. The second-order valence-electron chi connectivity index (χ2n) is 8.80. The molecule has 34 heavy (non-hydrogen) atoms. The molecule has 0 radical (unpaired) electrons. The van der Waals surface area contributed by atoms with Gasteiger partial charge in [0.25, 0.3) is 0 Å². The van der Waals surface area contributed by atoms with Crippen molar-refractivity contribution in [2.75, 3.05) is 33.0 Å². The van der Waals surface area contributed by atoms with Crippen LogP contribution in [-0.2, 0) is 23.9 Å². The van der Waals surface area contributed by atoms with Crippen molar-refractivity contribution in [1.29, 1.82) is 0 Å². The number of hydrogen-bond acceptors (Lipinski definition) is 5. The highest BCUT2D eigenvalue weighted by Gasteiger charge is 2.20. The zero-order chi connectivity index (χ0) is 25.3. The lowest BCUT2D eigenvalue weighted by atomic mass is 10.0. The van der Waals surface area contributed by atoms with E-state index in [-0.39, 0.29) is 24.7 Å². The van der Waals surface area contributed by atoms with Crippen LogP contribution in [0, 0.1) is 0 Å². The molecule has 0 saturated carbocycles. The highest BCUT2D eigenvalue weighted by molar-refractivity contribution is 5.84. The Bertz CT molecular complexity index is 516. The van der Waals surface area contributed by atoms with E-state index in [1.165, 1.54) is 57.8 Å². The lowest BCUT2D eigenvalue weighted by Crippen LogP contribution is -2.41. The predicted molar refractivity (Wildman–Crippen MR) is 135 cm³/mol. The molecule has 3 N–H and O–H groups in total. The van der Waals surface area contributed by atoms with E-state index in [9.17, 15) is 19.5 Å². The standard InChI is InChI=1S/C26H50N2O6/c1-3-5-6-7-8-9-10-11-12-13-14-15-16-25(30)28-23(26(31)32)17-18-24(29)27-19-20-34-22-21-33-4-2/h23H,3-22H2,1-2H3,(H,27,29)(H,28,30)(H,31,32). The molecule has 0 aromatic heterocycles. The number of rotatable bonds is 25. The fourth-order valence-corrected chi connectivity index (χ4v) is 3.64. The third-order valence-corrected chi connectivity index (χ3v) is 5.70. The molecule has 0 heterocycles. The molecule has 8 nitrogen and oxygen atoms in total. The Hall–Kier alpha value is -1.67. The van der Waals surface area contributed by atoms with Crippen LogP contribution in [-0.4, -0.2) is 61.9 Å². The molecule has 0 aliphatic rings. The molecule has 0 fully saturated rings. The molecular weight excluding hydrogens is 436 g/mol. The summed E-state index contributed by atoms with van der Waals surface area (Å²) in [7, 11) is 0. The highest BCUT2D eigenvalue weighted by Crippen LogP contribution is 2.12. The van der Waals surface area contributed by atoms with E-state index in [1.807, 2.05) is 6.92 Å². The molecule has 0 rings (SSSR count). The Morgan fingerprint density at radius 3 is 1.82 bits per heavy atom. The van der Waals surface area contributed by atoms with E-state index in [0.29, 0.717) is 39.4 Å². The van der Waals surface area contributed by atoms with Crippen molar-refractivity contribution in [2.45, 2.75) is 116 Å². The third kappa shape index (κ3) is 22.1. The molecule has 200 valence electrons. The fourth-order valence-electron chi connectivity index (χ4n) is 3.64. The second kappa shape index (κ2) is 24.5. The van der Waals surface area contributed by atoms with Gasteiger partial charge in [0.15, 0.2) is 0 Å². The van der Waals surface area contributed by atoms with E-state index < -0.39 is 12.0 Å². The molecule has 0 spiro atoms. The van der Waals surface area contributed by atoms with Crippen LogP contribution in [0.4, 0.5) is 0 Å². The summed E-state index contributed by atoms with van der Waals surface area (Å²) in [6.45, 7) is 6.50. The van der Waals surface area contributed by atoms with Gasteiger partial charge in [0.1, 0.15) is 6.04 Å². The topological polar surface area (TPSA) is 114 Å². The maximum absolute atomic E-state index is 12.1. The van der Waals surface area contributed by atoms with Gasteiger partial charge in [0.05, 0.1) is 19.8 Å². The van der Waals surface area contributed by atoms with Crippen LogP contribution in [0.5, 0.6) is 0 Å². The first kappa shape index (κ1) is 32.3. The molecule has 1 atom stereocenters. The summed E-state index contributed by atoms with van der Waals surface area (Å²) < 4.78 is 10.5. The minimum Gasteiger partial charge on any atom is -0.480 e. The number of carboxylic acids is 1. The largest absolute Gasteiger partial charge is 0.480 e. The van der Waals surface area contributed by atoms with Crippen molar-refractivity contribution < 1.29 is 29.0 Å². The number of hydrogen-bond donors (Lipinski definition) is 3.